The highest BCUT2D eigenvalue weighted by Crippen LogP contribution is 2.52. The van der Waals surface area contributed by atoms with Gasteiger partial charge in [-0.15, -0.1) is 0 Å². The average molecular weight is 304 g/mol. The van der Waals surface area contributed by atoms with Crippen molar-refractivity contribution in [3.8, 4) is 11.3 Å². The van der Waals surface area contributed by atoms with Gasteiger partial charge in [0.25, 0.3) is 5.56 Å². The number of aromatic nitrogens is 4. The minimum Gasteiger partial charge on any atom is -0.313 e. The first-order valence-electron chi connectivity index (χ1n) is 6.89. The average Bonchev–Trinajstić information content (AvgIpc) is 3.20. The van der Waals surface area contributed by atoms with Crippen LogP contribution in [-0.2, 0) is 0 Å². The third-order valence-corrected chi connectivity index (χ3v) is 4.35. The number of hydrogen-bond acceptors (Lipinski definition) is 4. The Balaban J connectivity index is 2.04. The van der Waals surface area contributed by atoms with Crippen LogP contribution in [0.25, 0.3) is 11.3 Å². The van der Waals surface area contributed by atoms with Crippen molar-refractivity contribution in [1.29, 1.82) is 0 Å². The van der Waals surface area contributed by atoms with Crippen LogP contribution < -0.4 is 11.2 Å². The zero-order valence-electron chi connectivity index (χ0n) is 11.8. The maximum absolute atomic E-state index is 11.8. The fourth-order valence-electron chi connectivity index (χ4n) is 2.74. The van der Waals surface area contributed by atoms with Crippen LogP contribution in [0.1, 0.15) is 31.7 Å². The van der Waals surface area contributed by atoms with Gasteiger partial charge in [0.2, 0.25) is 0 Å². The van der Waals surface area contributed by atoms with Gasteiger partial charge in [0.1, 0.15) is 4.64 Å². The third-order valence-electron chi connectivity index (χ3n) is 4.02. The Hall–Kier alpha value is -2.02. The summed E-state index contributed by atoms with van der Waals surface area (Å²) in [5, 5.41) is 6.92. The van der Waals surface area contributed by atoms with E-state index in [9.17, 15) is 9.59 Å². The predicted octanol–water partition coefficient (Wildman–Crippen LogP) is 1.94. The van der Waals surface area contributed by atoms with Crippen molar-refractivity contribution in [1.82, 2.24) is 20.2 Å². The maximum atomic E-state index is 11.8. The lowest BCUT2D eigenvalue weighted by Crippen LogP contribution is -2.23. The number of hydrogen-bond donors (Lipinski definition) is 3. The standard InChI is InChI=1S/C14H16N4O2S/c1-6(2)7-3-8(7)9-4-11(17-18-13(9)21)10-5-15-14(20)16-12(10)19/h4-8H,3H2,1-2H3,(H,18,21)(H2,15,16,19,20). The van der Waals surface area contributed by atoms with Crippen LogP contribution in [0.3, 0.4) is 0 Å². The van der Waals surface area contributed by atoms with Crippen LogP contribution in [-0.4, -0.2) is 20.2 Å². The van der Waals surface area contributed by atoms with E-state index in [1.807, 2.05) is 6.07 Å². The summed E-state index contributed by atoms with van der Waals surface area (Å²) in [4.78, 5) is 27.6. The van der Waals surface area contributed by atoms with Gasteiger partial charge in [-0.2, -0.15) is 5.10 Å². The predicted molar refractivity (Wildman–Crippen MR) is 81.8 cm³/mol. The molecule has 110 valence electrons. The molecule has 2 aromatic heterocycles. The summed E-state index contributed by atoms with van der Waals surface area (Å²) in [7, 11) is 0. The summed E-state index contributed by atoms with van der Waals surface area (Å²) in [5.41, 5.74) is 0.850. The van der Waals surface area contributed by atoms with Gasteiger partial charge in [-0.3, -0.25) is 14.9 Å². The Morgan fingerprint density at radius 2 is 2.14 bits per heavy atom. The van der Waals surface area contributed by atoms with E-state index in [0.717, 1.165) is 12.0 Å². The van der Waals surface area contributed by atoms with Crippen molar-refractivity contribution >= 4 is 12.2 Å². The molecule has 0 radical (unpaired) electrons. The van der Waals surface area contributed by atoms with Crippen LogP contribution in [0, 0.1) is 16.5 Å². The summed E-state index contributed by atoms with van der Waals surface area (Å²) in [6.07, 6.45) is 2.48. The van der Waals surface area contributed by atoms with Crippen molar-refractivity contribution in [2.75, 3.05) is 0 Å². The normalized spacial score (nSPS) is 20.7. The number of H-pyrrole nitrogens is 3. The number of aromatic amines is 3. The van der Waals surface area contributed by atoms with E-state index in [0.29, 0.717) is 33.7 Å². The molecule has 1 fully saturated rings. The summed E-state index contributed by atoms with van der Waals surface area (Å²) in [5.74, 6) is 1.67. The zero-order valence-corrected chi connectivity index (χ0v) is 12.6. The Morgan fingerprint density at radius 1 is 1.38 bits per heavy atom. The van der Waals surface area contributed by atoms with E-state index in [-0.39, 0.29) is 0 Å². The topological polar surface area (TPSA) is 94.4 Å². The second kappa shape index (κ2) is 5.07. The summed E-state index contributed by atoms with van der Waals surface area (Å²) >= 11 is 5.31. The van der Waals surface area contributed by atoms with Gasteiger partial charge in [0.15, 0.2) is 0 Å². The molecule has 0 amide bonds. The molecule has 7 heteroatoms. The van der Waals surface area contributed by atoms with Gasteiger partial charge in [0.05, 0.1) is 11.3 Å². The highest BCUT2D eigenvalue weighted by Gasteiger charge is 2.41. The largest absolute Gasteiger partial charge is 0.325 e. The first-order chi connectivity index (χ1) is 9.97. The van der Waals surface area contributed by atoms with Crippen LogP contribution in [0.2, 0.25) is 0 Å². The highest BCUT2D eigenvalue weighted by atomic mass is 32.1. The van der Waals surface area contributed by atoms with Crippen LogP contribution >= 0.6 is 12.2 Å². The lowest BCUT2D eigenvalue weighted by molar-refractivity contribution is 0.548. The van der Waals surface area contributed by atoms with E-state index in [2.05, 4.69) is 34.0 Å². The summed E-state index contributed by atoms with van der Waals surface area (Å²) in [6, 6.07) is 1.86. The molecule has 0 spiro atoms. The van der Waals surface area contributed by atoms with Crippen molar-refractivity contribution in [3.63, 3.8) is 0 Å². The molecular formula is C14H16N4O2S. The van der Waals surface area contributed by atoms with Crippen LogP contribution in [0.15, 0.2) is 21.9 Å². The second-order valence-corrected chi connectivity index (χ2v) is 6.18. The quantitative estimate of drug-likeness (QED) is 0.755. The molecule has 2 aromatic rings. The molecule has 3 rings (SSSR count). The van der Waals surface area contributed by atoms with Crippen molar-refractivity contribution in [2.45, 2.75) is 26.2 Å². The van der Waals surface area contributed by atoms with Gasteiger partial charge in [-0.05, 0) is 35.8 Å². The lowest BCUT2D eigenvalue weighted by atomic mass is 10.0. The highest BCUT2D eigenvalue weighted by molar-refractivity contribution is 7.71. The second-order valence-electron chi connectivity index (χ2n) is 5.77. The van der Waals surface area contributed by atoms with Crippen molar-refractivity contribution in [3.05, 3.63) is 43.3 Å². The molecule has 0 aliphatic heterocycles. The minimum atomic E-state index is -0.532. The molecule has 2 heterocycles. The number of nitrogens with zero attached hydrogens (tertiary/aromatic N) is 1. The molecule has 2 atom stereocenters. The molecule has 3 N–H and O–H groups in total. The molecule has 0 saturated heterocycles. The summed E-state index contributed by atoms with van der Waals surface area (Å²) in [6.45, 7) is 4.40. The lowest BCUT2D eigenvalue weighted by Gasteiger charge is -2.06. The summed E-state index contributed by atoms with van der Waals surface area (Å²) < 4.78 is 0.618. The molecule has 1 saturated carbocycles. The third kappa shape index (κ3) is 2.61. The Morgan fingerprint density at radius 3 is 2.76 bits per heavy atom. The molecular weight excluding hydrogens is 288 g/mol. The minimum absolute atomic E-state index is 0.323. The van der Waals surface area contributed by atoms with Gasteiger partial charge in [0, 0.05) is 6.20 Å². The van der Waals surface area contributed by atoms with E-state index < -0.39 is 11.2 Å². The first-order valence-corrected chi connectivity index (χ1v) is 7.30. The fourth-order valence-corrected chi connectivity index (χ4v) is 3.00. The SMILES string of the molecule is CC(C)C1CC1c1cc(-c2c[nH]c(=O)[nH]c2=O)n[nH]c1=S. The molecule has 21 heavy (non-hydrogen) atoms. The molecule has 1 aliphatic carbocycles. The van der Waals surface area contributed by atoms with Crippen LogP contribution in [0.5, 0.6) is 0 Å². The number of rotatable bonds is 3. The maximum Gasteiger partial charge on any atom is 0.325 e. The Kier molecular flexibility index (Phi) is 3.36. The van der Waals surface area contributed by atoms with Gasteiger partial charge < -0.3 is 4.98 Å². The van der Waals surface area contributed by atoms with E-state index in [1.165, 1.54) is 6.20 Å². The number of nitrogens with one attached hydrogen (secondary N) is 3. The molecule has 0 aromatic carbocycles. The molecule has 0 bridgehead atoms. The smallest absolute Gasteiger partial charge is 0.313 e. The molecule has 1 aliphatic rings. The van der Waals surface area contributed by atoms with Gasteiger partial charge >= 0.3 is 5.69 Å². The van der Waals surface area contributed by atoms with Crippen molar-refractivity contribution in [2.24, 2.45) is 11.8 Å². The first kappa shape index (κ1) is 13.9. The fraction of sp³-hybridized carbons (Fsp3) is 0.429. The van der Waals surface area contributed by atoms with E-state index >= 15 is 0 Å². The van der Waals surface area contributed by atoms with Crippen molar-refractivity contribution < 1.29 is 0 Å². The Labute approximate surface area is 125 Å². The van der Waals surface area contributed by atoms with Crippen LogP contribution in [0.4, 0.5) is 0 Å². The van der Waals surface area contributed by atoms with E-state index in [4.69, 9.17) is 12.2 Å². The molecule has 6 nitrogen and oxygen atoms in total. The van der Waals surface area contributed by atoms with E-state index in [1.54, 1.807) is 0 Å². The zero-order chi connectivity index (χ0) is 15.1. The Bertz CT molecular complexity index is 849. The van der Waals surface area contributed by atoms with Gasteiger partial charge in [-0.25, -0.2) is 4.79 Å². The van der Waals surface area contributed by atoms with Gasteiger partial charge in [-0.1, -0.05) is 26.1 Å². The monoisotopic (exact) mass is 304 g/mol. The molecule has 2 unspecified atom stereocenters.